The van der Waals surface area contributed by atoms with Crippen molar-refractivity contribution in [1.29, 1.82) is 0 Å². The fraction of sp³-hybridized carbons (Fsp3) is 0.400. The molecule has 1 aliphatic heterocycles. The molecule has 1 saturated heterocycles. The number of anilines is 1. The molecule has 1 N–H and O–H groups in total. The molecule has 1 aliphatic rings. The predicted molar refractivity (Wildman–Crippen MR) is 105 cm³/mol. The first-order valence-corrected chi connectivity index (χ1v) is 9.44. The Morgan fingerprint density at radius 2 is 1.79 bits per heavy atom. The molecule has 3 rings (SSSR count). The molecule has 28 heavy (non-hydrogen) atoms. The molecular weight excluding hydrogens is 358 g/mol. The number of hydrogen-bond acceptors (Lipinski definition) is 6. The van der Waals surface area contributed by atoms with E-state index in [0.29, 0.717) is 38.6 Å². The summed E-state index contributed by atoms with van der Waals surface area (Å²) in [6.45, 7) is 6.51. The minimum absolute atomic E-state index is 0.119. The van der Waals surface area contributed by atoms with E-state index >= 15 is 0 Å². The summed E-state index contributed by atoms with van der Waals surface area (Å²) in [5.74, 6) is 0.429. The number of nitrogens with zero attached hydrogens (tertiary/aromatic N) is 4. The average Bonchev–Trinajstić information content (AvgIpc) is 2.74. The Labute approximate surface area is 164 Å². The van der Waals surface area contributed by atoms with Crippen LogP contribution in [0, 0.1) is 0 Å². The summed E-state index contributed by atoms with van der Waals surface area (Å²) in [6, 6.07) is 13.1. The van der Waals surface area contributed by atoms with Crippen molar-refractivity contribution in [3.05, 3.63) is 53.7 Å². The zero-order valence-corrected chi connectivity index (χ0v) is 16.2. The first-order chi connectivity index (χ1) is 13.6. The minimum Gasteiger partial charge on any atom is -0.450 e. The maximum absolute atomic E-state index is 12.4. The predicted octanol–water partition coefficient (Wildman–Crippen LogP) is 2.25. The Kier molecular flexibility index (Phi) is 6.41. The number of piperazine rings is 1. The smallest absolute Gasteiger partial charge is 0.409 e. The van der Waals surface area contributed by atoms with Gasteiger partial charge in [0.25, 0.3) is 5.91 Å². The normalized spacial score (nSPS) is 15.1. The summed E-state index contributed by atoms with van der Waals surface area (Å²) >= 11 is 0. The van der Waals surface area contributed by atoms with Gasteiger partial charge in [-0.1, -0.05) is 30.3 Å². The van der Waals surface area contributed by atoms with Crippen LogP contribution in [-0.4, -0.2) is 59.9 Å². The van der Waals surface area contributed by atoms with Crippen LogP contribution in [0.4, 0.5) is 10.6 Å². The molecule has 0 spiro atoms. The topological polar surface area (TPSA) is 87.7 Å². The van der Waals surface area contributed by atoms with Crippen LogP contribution in [0.2, 0.25) is 0 Å². The van der Waals surface area contributed by atoms with Crippen LogP contribution in [-0.2, 0) is 4.74 Å². The van der Waals surface area contributed by atoms with E-state index in [0.717, 1.165) is 5.56 Å². The molecule has 148 valence electrons. The molecule has 1 unspecified atom stereocenters. The van der Waals surface area contributed by atoms with Crippen molar-refractivity contribution in [3.8, 4) is 0 Å². The van der Waals surface area contributed by atoms with E-state index in [1.165, 1.54) is 0 Å². The molecule has 1 fully saturated rings. The molecule has 8 heteroatoms. The van der Waals surface area contributed by atoms with Gasteiger partial charge in [0.2, 0.25) is 0 Å². The number of rotatable bonds is 5. The summed E-state index contributed by atoms with van der Waals surface area (Å²) in [5.41, 5.74) is 1.30. The maximum atomic E-state index is 12.4. The Morgan fingerprint density at radius 3 is 2.39 bits per heavy atom. The van der Waals surface area contributed by atoms with Crippen LogP contribution in [0.25, 0.3) is 0 Å². The van der Waals surface area contributed by atoms with E-state index in [9.17, 15) is 9.59 Å². The molecule has 0 bridgehead atoms. The number of amides is 2. The Hall–Kier alpha value is -3.16. The number of nitrogens with one attached hydrogen (secondary N) is 1. The summed E-state index contributed by atoms with van der Waals surface area (Å²) in [4.78, 5) is 27.9. The monoisotopic (exact) mass is 383 g/mol. The fourth-order valence-electron chi connectivity index (χ4n) is 3.04. The molecular formula is C20H25N5O3. The molecule has 1 aromatic heterocycles. The van der Waals surface area contributed by atoms with Crippen molar-refractivity contribution in [2.45, 2.75) is 19.9 Å². The number of carbonyl (C=O) groups is 2. The number of aromatic nitrogens is 2. The van der Waals surface area contributed by atoms with Gasteiger partial charge in [0, 0.05) is 26.2 Å². The summed E-state index contributed by atoms with van der Waals surface area (Å²) in [5, 5.41) is 11.2. The van der Waals surface area contributed by atoms with Crippen molar-refractivity contribution >= 4 is 17.8 Å². The molecule has 0 saturated carbocycles. The second kappa shape index (κ2) is 9.16. The number of carbonyl (C=O) groups excluding carboxylic acids is 2. The Bertz CT molecular complexity index is 789. The van der Waals surface area contributed by atoms with Crippen LogP contribution in [0.1, 0.15) is 35.9 Å². The fourth-order valence-corrected chi connectivity index (χ4v) is 3.04. The number of benzene rings is 1. The van der Waals surface area contributed by atoms with E-state index in [2.05, 4.69) is 15.5 Å². The minimum atomic E-state index is -0.284. The van der Waals surface area contributed by atoms with Gasteiger partial charge in [0.1, 0.15) is 0 Å². The molecule has 1 aromatic carbocycles. The maximum Gasteiger partial charge on any atom is 0.409 e. The quantitative estimate of drug-likeness (QED) is 0.852. The van der Waals surface area contributed by atoms with Crippen LogP contribution in [0.15, 0.2) is 42.5 Å². The van der Waals surface area contributed by atoms with Crippen molar-refractivity contribution in [3.63, 3.8) is 0 Å². The van der Waals surface area contributed by atoms with Crippen LogP contribution >= 0.6 is 0 Å². The highest BCUT2D eigenvalue weighted by Crippen LogP contribution is 2.15. The van der Waals surface area contributed by atoms with Gasteiger partial charge in [0.05, 0.1) is 12.6 Å². The third-order valence-corrected chi connectivity index (χ3v) is 4.66. The van der Waals surface area contributed by atoms with Crippen molar-refractivity contribution in [2.75, 3.05) is 37.7 Å². The second-order valence-electron chi connectivity index (χ2n) is 6.56. The highest BCUT2D eigenvalue weighted by molar-refractivity contribution is 5.92. The number of ether oxygens (including phenoxy) is 1. The largest absolute Gasteiger partial charge is 0.450 e. The van der Waals surface area contributed by atoms with Gasteiger partial charge in [-0.3, -0.25) is 4.79 Å². The van der Waals surface area contributed by atoms with Crippen molar-refractivity contribution in [1.82, 2.24) is 20.4 Å². The summed E-state index contributed by atoms with van der Waals surface area (Å²) < 4.78 is 5.02. The SMILES string of the molecule is CCOC(=O)N1CCN(c2ccc(C(=O)NC(C)c3ccccc3)nn2)CC1. The first kappa shape index (κ1) is 19.6. The molecule has 1 atom stereocenters. The number of hydrogen-bond donors (Lipinski definition) is 1. The van der Waals surface area contributed by atoms with Crippen LogP contribution < -0.4 is 10.2 Å². The standard InChI is InChI=1S/C20H25N5O3/c1-3-28-20(27)25-13-11-24(12-14-25)18-10-9-17(22-23-18)19(26)21-15(2)16-7-5-4-6-8-16/h4-10,15H,3,11-14H2,1-2H3,(H,21,26). The van der Waals surface area contributed by atoms with Crippen molar-refractivity contribution < 1.29 is 14.3 Å². The second-order valence-corrected chi connectivity index (χ2v) is 6.56. The van der Waals surface area contributed by atoms with E-state index in [1.54, 1.807) is 24.0 Å². The lowest BCUT2D eigenvalue weighted by Crippen LogP contribution is -2.49. The molecule has 0 aliphatic carbocycles. The summed E-state index contributed by atoms with van der Waals surface area (Å²) in [6.07, 6.45) is -0.284. The third kappa shape index (κ3) is 4.76. The van der Waals surface area contributed by atoms with Crippen LogP contribution in [0.3, 0.4) is 0 Å². The lowest BCUT2D eigenvalue weighted by atomic mass is 10.1. The van der Waals surface area contributed by atoms with Gasteiger partial charge in [-0.15, -0.1) is 10.2 Å². The molecule has 2 amide bonds. The first-order valence-electron chi connectivity index (χ1n) is 9.44. The van der Waals surface area contributed by atoms with Gasteiger partial charge >= 0.3 is 6.09 Å². The van der Waals surface area contributed by atoms with Gasteiger partial charge < -0.3 is 19.9 Å². The zero-order chi connectivity index (χ0) is 19.9. The lowest BCUT2D eigenvalue weighted by molar-refractivity contribution is 0.0933. The third-order valence-electron chi connectivity index (χ3n) is 4.66. The van der Waals surface area contributed by atoms with Gasteiger partial charge in [0.15, 0.2) is 11.5 Å². The Morgan fingerprint density at radius 1 is 1.07 bits per heavy atom. The molecule has 0 radical (unpaired) electrons. The van der Waals surface area contributed by atoms with Gasteiger partial charge in [-0.2, -0.15) is 0 Å². The lowest BCUT2D eigenvalue weighted by Gasteiger charge is -2.34. The van der Waals surface area contributed by atoms with E-state index in [4.69, 9.17) is 4.74 Å². The van der Waals surface area contributed by atoms with Crippen molar-refractivity contribution in [2.24, 2.45) is 0 Å². The average molecular weight is 383 g/mol. The summed E-state index contributed by atoms with van der Waals surface area (Å²) in [7, 11) is 0. The molecule has 2 aromatic rings. The van der Waals surface area contributed by atoms with Gasteiger partial charge in [-0.25, -0.2) is 4.79 Å². The molecule has 2 heterocycles. The molecule has 8 nitrogen and oxygen atoms in total. The highest BCUT2D eigenvalue weighted by atomic mass is 16.6. The van der Waals surface area contributed by atoms with E-state index in [-0.39, 0.29) is 23.7 Å². The van der Waals surface area contributed by atoms with E-state index < -0.39 is 0 Å². The van der Waals surface area contributed by atoms with Gasteiger partial charge in [-0.05, 0) is 31.5 Å². The van der Waals surface area contributed by atoms with E-state index in [1.807, 2.05) is 42.2 Å². The zero-order valence-electron chi connectivity index (χ0n) is 16.2. The Balaban J connectivity index is 1.55. The van der Waals surface area contributed by atoms with Crippen LogP contribution in [0.5, 0.6) is 0 Å². The highest BCUT2D eigenvalue weighted by Gasteiger charge is 2.23.